The van der Waals surface area contributed by atoms with Gasteiger partial charge in [-0.1, -0.05) is 13.8 Å². The van der Waals surface area contributed by atoms with E-state index in [0.717, 1.165) is 23.8 Å². The van der Waals surface area contributed by atoms with Crippen LogP contribution in [-0.2, 0) is 0 Å². The molecule has 0 aromatic heterocycles. The predicted molar refractivity (Wildman–Crippen MR) is 78.8 cm³/mol. The van der Waals surface area contributed by atoms with E-state index < -0.39 is 0 Å². The van der Waals surface area contributed by atoms with Crippen molar-refractivity contribution in [1.82, 2.24) is 9.80 Å². The summed E-state index contributed by atoms with van der Waals surface area (Å²) in [6, 6.07) is 0.738. The summed E-state index contributed by atoms with van der Waals surface area (Å²) < 4.78 is 0. The lowest BCUT2D eigenvalue weighted by Crippen LogP contribution is -2.39. The Labute approximate surface area is 114 Å². The lowest BCUT2D eigenvalue weighted by atomic mass is 9.86. The van der Waals surface area contributed by atoms with Crippen molar-refractivity contribution in [3.8, 4) is 0 Å². The number of likely N-dealkylation sites (tertiary alicyclic amines) is 2. The van der Waals surface area contributed by atoms with Crippen LogP contribution >= 0.6 is 0 Å². The van der Waals surface area contributed by atoms with Gasteiger partial charge in [0, 0.05) is 19.1 Å². The molecule has 0 N–H and O–H groups in total. The molecule has 1 unspecified atom stereocenters. The van der Waals surface area contributed by atoms with Gasteiger partial charge in [-0.05, 0) is 70.5 Å². The van der Waals surface area contributed by atoms with Crippen LogP contribution in [0.3, 0.4) is 0 Å². The fourth-order valence-corrected chi connectivity index (χ4v) is 3.65. The van der Waals surface area contributed by atoms with Crippen LogP contribution in [0.5, 0.6) is 0 Å². The highest BCUT2D eigenvalue weighted by Crippen LogP contribution is 2.26. The molecule has 2 rings (SSSR count). The summed E-state index contributed by atoms with van der Waals surface area (Å²) in [6.07, 6.45) is 4.28. The van der Waals surface area contributed by atoms with Gasteiger partial charge in [0.2, 0.25) is 0 Å². The molecule has 0 aromatic rings. The fraction of sp³-hybridized carbons (Fsp3) is 1.00. The smallest absolute Gasteiger partial charge is 0.00387 e. The van der Waals surface area contributed by atoms with E-state index in [2.05, 4.69) is 37.5 Å². The van der Waals surface area contributed by atoms with Crippen LogP contribution in [0.25, 0.3) is 0 Å². The first-order valence-electron chi connectivity index (χ1n) is 8.02. The molecule has 2 nitrogen and oxygen atoms in total. The summed E-state index contributed by atoms with van der Waals surface area (Å²) in [6.45, 7) is 16.1. The molecule has 106 valence electrons. The van der Waals surface area contributed by atoms with Crippen molar-refractivity contribution in [3.05, 3.63) is 0 Å². The van der Waals surface area contributed by atoms with Crippen molar-refractivity contribution in [3.63, 3.8) is 0 Å². The maximum absolute atomic E-state index is 2.73. The van der Waals surface area contributed by atoms with Crippen LogP contribution < -0.4 is 0 Å². The van der Waals surface area contributed by atoms with Gasteiger partial charge in [-0.25, -0.2) is 0 Å². The van der Waals surface area contributed by atoms with Crippen molar-refractivity contribution < 1.29 is 0 Å². The standard InChI is InChI=1S/C16H32N2/c1-13(2)16-6-8-17(9-7-16)11-15-5-10-18(12-15)14(3)4/h13-16H,5-12H2,1-4H3. The number of hydrogen-bond acceptors (Lipinski definition) is 2. The van der Waals surface area contributed by atoms with E-state index in [1.807, 2.05) is 0 Å². The summed E-state index contributed by atoms with van der Waals surface area (Å²) in [7, 11) is 0. The molecular weight excluding hydrogens is 220 g/mol. The zero-order valence-electron chi connectivity index (χ0n) is 12.9. The second kappa shape index (κ2) is 6.38. The highest BCUT2D eigenvalue weighted by molar-refractivity contribution is 4.82. The summed E-state index contributed by atoms with van der Waals surface area (Å²) in [5, 5.41) is 0. The molecule has 0 spiro atoms. The Balaban J connectivity index is 1.69. The molecule has 2 fully saturated rings. The topological polar surface area (TPSA) is 6.48 Å². The molecule has 2 heteroatoms. The molecule has 2 heterocycles. The van der Waals surface area contributed by atoms with E-state index >= 15 is 0 Å². The summed E-state index contributed by atoms with van der Waals surface area (Å²) >= 11 is 0. The molecule has 2 aliphatic heterocycles. The van der Waals surface area contributed by atoms with Crippen LogP contribution in [0.2, 0.25) is 0 Å². The average molecular weight is 252 g/mol. The van der Waals surface area contributed by atoms with Gasteiger partial charge in [0.05, 0.1) is 0 Å². The lowest BCUT2D eigenvalue weighted by Gasteiger charge is -2.35. The normalized spacial score (nSPS) is 28.7. The van der Waals surface area contributed by atoms with Crippen molar-refractivity contribution >= 4 is 0 Å². The Morgan fingerprint density at radius 2 is 1.61 bits per heavy atom. The van der Waals surface area contributed by atoms with Crippen LogP contribution in [0.1, 0.15) is 47.0 Å². The van der Waals surface area contributed by atoms with E-state index in [9.17, 15) is 0 Å². The van der Waals surface area contributed by atoms with Gasteiger partial charge < -0.3 is 9.80 Å². The zero-order chi connectivity index (χ0) is 13.1. The highest BCUT2D eigenvalue weighted by Gasteiger charge is 2.28. The van der Waals surface area contributed by atoms with Gasteiger partial charge in [0.25, 0.3) is 0 Å². The molecule has 18 heavy (non-hydrogen) atoms. The number of nitrogens with zero attached hydrogens (tertiary/aromatic N) is 2. The van der Waals surface area contributed by atoms with Crippen molar-refractivity contribution in [1.29, 1.82) is 0 Å². The van der Waals surface area contributed by atoms with E-state index in [-0.39, 0.29) is 0 Å². The Morgan fingerprint density at radius 1 is 0.944 bits per heavy atom. The van der Waals surface area contributed by atoms with E-state index in [0.29, 0.717) is 0 Å². The minimum absolute atomic E-state index is 0.738. The summed E-state index contributed by atoms with van der Waals surface area (Å²) in [5.74, 6) is 2.80. The number of rotatable bonds is 4. The molecular formula is C16H32N2. The van der Waals surface area contributed by atoms with Crippen molar-refractivity contribution in [2.24, 2.45) is 17.8 Å². The van der Waals surface area contributed by atoms with Crippen molar-refractivity contribution in [2.45, 2.75) is 53.0 Å². The molecule has 0 saturated carbocycles. The largest absolute Gasteiger partial charge is 0.303 e. The zero-order valence-corrected chi connectivity index (χ0v) is 12.9. The van der Waals surface area contributed by atoms with Gasteiger partial charge in [-0.3, -0.25) is 0 Å². The third kappa shape index (κ3) is 3.71. The van der Waals surface area contributed by atoms with E-state index in [4.69, 9.17) is 0 Å². The molecule has 2 aliphatic rings. The van der Waals surface area contributed by atoms with Crippen LogP contribution in [0.15, 0.2) is 0 Å². The lowest BCUT2D eigenvalue weighted by molar-refractivity contribution is 0.138. The Kier molecular flexibility index (Phi) is 5.08. The Hall–Kier alpha value is -0.0800. The van der Waals surface area contributed by atoms with Gasteiger partial charge in [0.15, 0.2) is 0 Å². The number of hydrogen-bond donors (Lipinski definition) is 0. The third-order valence-electron chi connectivity index (χ3n) is 5.14. The molecule has 1 atom stereocenters. The minimum Gasteiger partial charge on any atom is -0.303 e. The van der Waals surface area contributed by atoms with Gasteiger partial charge in [0.1, 0.15) is 0 Å². The van der Waals surface area contributed by atoms with Gasteiger partial charge in [-0.15, -0.1) is 0 Å². The Morgan fingerprint density at radius 3 is 2.11 bits per heavy atom. The maximum atomic E-state index is 2.73. The molecule has 0 aliphatic carbocycles. The predicted octanol–water partition coefficient (Wildman–Crippen LogP) is 3.08. The van der Waals surface area contributed by atoms with Gasteiger partial charge in [-0.2, -0.15) is 0 Å². The first kappa shape index (κ1) is 14.3. The molecule has 0 amide bonds. The second-order valence-electron chi connectivity index (χ2n) is 7.13. The molecule has 2 saturated heterocycles. The van der Waals surface area contributed by atoms with Crippen LogP contribution in [-0.4, -0.2) is 48.6 Å². The van der Waals surface area contributed by atoms with Crippen molar-refractivity contribution in [2.75, 3.05) is 32.7 Å². The third-order valence-corrected chi connectivity index (χ3v) is 5.14. The second-order valence-corrected chi connectivity index (χ2v) is 7.13. The quantitative estimate of drug-likeness (QED) is 0.758. The maximum Gasteiger partial charge on any atom is 0.00387 e. The SMILES string of the molecule is CC(C)C1CCN(CC2CCN(C(C)C)C2)CC1. The molecule has 0 bridgehead atoms. The summed E-state index contributed by atoms with van der Waals surface area (Å²) in [5.41, 5.74) is 0. The minimum atomic E-state index is 0.738. The van der Waals surface area contributed by atoms with Gasteiger partial charge >= 0.3 is 0 Å². The first-order chi connectivity index (χ1) is 8.56. The first-order valence-corrected chi connectivity index (χ1v) is 8.02. The van der Waals surface area contributed by atoms with Crippen LogP contribution in [0, 0.1) is 17.8 Å². The monoisotopic (exact) mass is 252 g/mol. The van der Waals surface area contributed by atoms with E-state index in [1.165, 1.54) is 52.0 Å². The highest BCUT2D eigenvalue weighted by atomic mass is 15.2. The fourth-order valence-electron chi connectivity index (χ4n) is 3.65. The van der Waals surface area contributed by atoms with E-state index in [1.54, 1.807) is 0 Å². The number of piperidine rings is 1. The summed E-state index contributed by atoms with van der Waals surface area (Å²) in [4.78, 5) is 5.37. The molecule has 0 radical (unpaired) electrons. The molecule has 0 aromatic carbocycles. The Bertz CT molecular complexity index is 241. The average Bonchev–Trinajstić information content (AvgIpc) is 2.78. The van der Waals surface area contributed by atoms with Crippen LogP contribution in [0.4, 0.5) is 0 Å².